The lowest BCUT2D eigenvalue weighted by molar-refractivity contribution is 0.282. The van der Waals surface area contributed by atoms with E-state index in [9.17, 15) is 5.11 Å². The van der Waals surface area contributed by atoms with Crippen molar-refractivity contribution in [1.29, 1.82) is 0 Å². The maximum Gasteiger partial charge on any atom is 0.118 e. The Morgan fingerprint density at radius 1 is 0.629 bits per heavy atom. The first kappa shape index (κ1) is 24.3. The van der Waals surface area contributed by atoms with E-state index in [0.29, 0.717) is 5.92 Å². The van der Waals surface area contributed by atoms with Gasteiger partial charge < -0.3 is 14.6 Å². The minimum absolute atomic E-state index is 0.0172. The SMILES string of the molecule is COc1ccc(/C(=C(\c2ccc(OC)cc2)c2ccccc2C(C)C)c2ccc(CO)cc2)cc1. The van der Waals surface area contributed by atoms with Gasteiger partial charge in [0.1, 0.15) is 11.5 Å². The molecule has 0 aliphatic rings. The molecule has 3 nitrogen and oxygen atoms in total. The highest BCUT2D eigenvalue weighted by molar-refractivity contribution is 6.05. The monoisotopic (exact) mass is 464 g/mol. The number of ether oxygens (including phenoxy) is 2. The normalized spacial score (nSPS) is 11.8. The summed E-state index contributed by atoms with van der Waals surface area (Å²) in [4.78, 5) is 0. The highest BCUT2D eigenvalue weighted by Crippen LogP contribution is 2.40. The Kier molecular flexibility index (Phi) is 7.69. The lowest BCUT2D eigenvalue weighted by atomic mass is 9.82. The third kappa shape index (κ3) is 5.31. The summed E-state index contributed by atoms with van der Waals surface area (Å²) in [5.41, 5.74) is 8.92. The van der Waals surface area contributed by atoms with E-state index in [-0.39, 0.29) is 6.61 Å². The van der Waals surface area contributed by atoms with E-state index in [1.807, 2.05) is 36.4 Å². The standard InChI is InChI=1S/C32H32O3/c1-22(2)29-7-5-6-8-30(29)32(26-15-19-28(35-4)20-16-26)31(24-11-9-23(21-33)10-12-24)25-13-17-27(34-3)18-14-25/h5-20,22,33H,21H2,1-4H3/b32-31+. The molecule has 0 bridgehead atoms. The second kappa shape index (κ2) is 11.1. The van der Waals surface area contributed by atoms with Gasteiger partial charge in [0.05, 0.1) is 20.8 Å². The minimum Gasteiger partial charge on any atom is -0.497 e. The second-order valence-corrected chi connectivity index (χ2v) is 8.80. The van der Waals surface area contributed by atoms with E-state index in [4.69, 9.17) is 9.47 Å². The highest BCUT2D eigenvalue weighted by atomic mass is 16.5. The highest BCUT2D eigenvalue weighted by Gasteiger charge is 2.20. The van der Waals surface area contributed by atoms with Gasteiger partial charge in [0, 0.05) is 0 Å². The molecule has 0 aliphatic carbocycles. The first-order chi connectivity index (χ1) is 17.0. The Hall–Kier alpha value is -3.82. The number of rotatable bonds is 8. The van der Waals surface area contributed by atoms with E-state index in [0.717, 1.165) is 44.9 Å². The molecule has 0 heterocycles. The maximum atomic E-state index is 9.62. The molecule has 0 amide bonds. The van der Waals surface area contributed by atoms with Crippen molar-refractivity contribution in [3.63, 3.8) is 0 Å². The smallest absolute Gasteiger partial charge is 0.118 e. The first-order valence-corrected chi connectivity index (χ1v) is 11.9. The molecule has 0 fully saturated rings. The lowest BCUT2D eigenvalue weighted by Gasteiger charge is -2.22. The minimum atomic E-state index is 0.0172. The molecule has 3 heteroatoms. The third-order valence-electron chi connectivity index (χ3n) is 6.28. The zero-order valence-electron chi connectivity index (χ0n) is 20.8. The zero-order valence-corrected chi connectivity index (χ0v) is 20.8. The Labute approximate surface area is 208 Å². The average Bonchev–Trinajstić information content (AvgIpc) is 2.92. The van der Waals surface area contributed by atoms with Crippen LogP contribution in [0.25, 0.3) is 11.1 Å². The van der Waals surface area contributed by atoms with Gasteiger partial charge in [-0.05, 0) is 74.7 Å². The van der Waals surface area contributed by atoms with Crippen LogP contribution in [0.5, 0.6) is 11.5 Å². The summed E-state index contributed by atoms with van der Waals surface area (Å²) < 4.78 is 10.9. The summed E-state index contributed by atoms with van der Waals surface area (Å²) in [5.74, 6) is 1.99. The number of hydrogen-bond donors (Lipinski definition) is 1. The molecule has 0 unspecified atom stereocenters. The quantitative estimate of drug-likeness (QED) is 0.278. The number of aliphatic hydroxyl groups excluding tert-OH is 1. The van der Waals surface area contributed by atoms with Crippen LogP contribution in [0.3, 0.4) is 0 Å². The molecule has 4 rings (SSSR count). The summed E-state index contributed by atoms with van der Waals surface area (Å²) >= 11 is 0. The molecule has 4 aromatic carbocycles. The van der Waals surface area contributed by atoms with Crippen molar-refractivity contribution in [2.24, 2.45) is 0 Å². The summed E-state index contributed by atoms with van der Waals surface area (Å²) in [6.07, 6.45) is 0. The van der Waals surface area contributed by atoms with Crippen LogP contribution in [0.1, 0.15) is 53.1 Å². The van der Waals surface area contributed by atoms with Crippen molar-refractivity contribution < 1.29 is 14.6 Å². The fraction of sp³-hybridized carbons (Fsp3) is 0.188. The molecular weight excluding hydrogens is 432 g/mol. The van der Waals surface area contributed by atoms with Gasteiger partial charge in [-0.25, -0.2) is 0 Å². The number of benzene rings is 4. The van der Waals surface area contributed by atoms with E-state index < -0.39 is 0 Å². The van der Waals surface area contributed by atoms with E-state index in [1.165, 1.54) is 11.1 Å². The number of methoxy groups -OCH3 is 2. The van der Waals surface area contributed by atoms with Crippen LogP contribution in [0.4, 0.5) is 0 Å². The van der Waals surface area contributed by atoms with Crippen molar-refractivity contribution >= 4 is 11.1 Å². The maximum absolute atomic E-state index is 9.62. The number of aliphatic hydroxyl groups is 1. The second-order valence-electron chi connectivity index (χ2n) is 8.80. The average molecular weight is 465 g/mol. The molecule has 0 aromatic heterocycles. The fourth-order valence-electron chi connectivity index (χ4n) is 4.41. The van der Waals surface area contributed by atoms with Crippen molar-refractivity contribution in [3.8, 4) is 11.5 Å². The van der Waals surface area contributed by atoms with Crippen LogP contribution in [-0.2, 0) is 6.61 Å². The predicted octanol–water partition coefficient (Wildman–Crippen LogP) is 7.33. The van der Waals surface area contributed by atoms with Gasteiger partial charge in [-0.3, -0.25) is 0 Å². The Morgan fingerprint density at radius 2 is 1.09 bits per heavy atom. The van der Waals surface area contributed by atoms with Crippen molar-refractivity contribution in [1.82, 2.24) is 0 Å². The summed E-state index contributed by atoms with van der Waals surface area (Å²) in [5, 5.41) is 9.62. The van der Waals surface area contributed by atoms with Crippen LogP contribution in [0.15, 0.2) is 97.1 Å². The van der Waals surface area contributed by atoms with Gasteiger partial charge in [0.25, 0.3) is 0 Å². The lowest BCUT2D eigenvalue weighted by Crippen LogP contribution is -2.02. The zero-order chi connectivity index (χ0) is 24.8. The van der Waals surface area contributed by atoms with Crippen molar-refractivity contribution in [2.75, 3.05) is 14.2 Å². The molecule has 1 N–H and O–H groups in total. The van der Waals surface area contributed by atoms with E-state index >= 15 is 0 Å². The van der Waals surface area contributed by atoms with Crippen LogP contribution in [0, 0.1) is 0 Å². The third-order valence-corrected chi connectivity index (χ3v) is 6.28. The topological polar surface area (TPSA) is 38.7 Å². The summed E-state index contributed by atoms with van der Waals surface area (Å²) in [6, 6.07) is 33.2. The van der Waals surface area contributed by atoms with Crippen LogP contribution in [0.2, 0.25) is 0 Å². The van der Waals surface area contributed by atoms with Crippen LogP contribution >= 0.6 is 0 Å². The molecule has 4 aromatic rings. The molecule has 0 radical (unpaired) electrons. The summed E-state index contributed by atoms with van der Waals surface area (Å²) in [6.45, 7) is 4.48. The molecular formula is C32H32O3. The molecule has 0 aliphatic heterocycles. The molecule has 0 saturated heterocycles. The van der Waals surface area contributed by atoms with Crippen molar-refractivity contribution in [3.05, 3.63) is 130 Å². The van der Waals surface area contributed by atoms with Gasteiger partial charge in [0.15, 0.2) is 0 Å². The molecule has 35 heavy (non-hydrogen) atoms. The van der Waals surface area contributed by atoms with Crippen LogP contribution in [-0.4, -0.2) is 19.3 Å². The Morgan fingerprint density at radius 3 is 1.54 bits per heavy atom. The van der Waals surface area contributed by atoms with Crippen molar-refractivity contribution in [2.45, 2.75) is 26.4 Å². The van der Waals surface area contributed by atoms with Gasteiger partial charge in [0.2, 0.25) is 0 Å². The fourth-order valence-corrected chi connectivity index (χ4v) is 4.41. The van der Waals surface area contributed by atoms with E-state index in [2.05, 4.69) is 74.5 Å². The molecule has 0 saturated carbocycles. The number of hydrogen-bond acceptors (Lipinski definition) is 3. The molecule has 178 valence electrons. The van der Waals surface area contributed by atoms with Gasteiger partial charge in [-0.2, -0.15) is 0 Å². The van der Waals surface area contributed by atoms with E-state index in [1.54, 1.807) is 14.2 Å². The largest absolute Gasteiger partial charge is 0.497 e. The first-order valence-electron chi connectivity index (χ1n) is 11.9. The van der Waals surface area contributed by atoms with Crippen LogP contribution < -0.4 is 9.47 Å². The molecule has 0 atom stereocenters. The van der Waals surface area contributed by atoms with Gasteiger partial charge in [-0.1, -0.05) is 86.6 Å². The Bertz CT molecular complexity index is 1230. The Balaban J connectivity index is 2.10. The van der Waals surface area contributed by atoms with Gasteiger partial charge in [-0.15, -0.1) is 0 Å². The summed E-state index contributed by atoms with van der Waals surface area (Å²) in [7, 11) is 3.37. The van der Waals surface area contributed by atoms with Gasteiger partial charge >= 0.3 is 0 Å². The predicted molar refractivity (Wildman–Crippen MR) is 144 cm³/mol. The molecule has 0 spiro atoms.